The van der Waals surface area contributed by atoms with Gasteiger partial charge < -0.3 is 14.9 Å². The lowest BCUT2D eigenvalue weighted by atomic mass is 10.1. The minimum absolute atomic E-state index is 0.0128. The van der Waals surface area contributed by atoms with E-state index in [0.717, 1.165) is 55.9 Å². The van der Waals surface area contributed by atoms with E-state index in [9.17, 15) is 18.3 Å². The second-order valence-electron chi connectivity index (χ2n) is 8.22. The Hall–Kier alpha value is -2.73. The SMILES string of the molecule is CN(c1cc(F)c(S(=O)(=O)N(C(=O)O)c2cscn2)cc1Cl)[C@H]1CCN(CCc2ccccc2)C1. The van der Waals surface area contributed by atoms with Crippen molar-refractivity contribution in [2.75, 3.05) is 35.9 Å². The van der Waals surface area contributed by atoms with Crippen LogP contribution in [-0.2, 0) is 16.4 Å². The Labute approximate surface area is 212 Å². The minimum Gasteiger partial charge on any atom is -0.464 e. The molecule has 1 aliphatic rings. The lowest BCUT2D eigenvalue weighted by Gasteiger charge is -2.28. The third-order valence-electron chi connectivity index (χ3n) is 6.06. The molecule has 3 aromatic rings. The zero-order valence-corrected chi connectivity index (χ0v) is 21.2. The van der Waals surface area contributed by atoms with Crippen LogP contribution in [-0.4, -0.2) is 62.2 Å². The summed E-state index contributed by atoms with van der Waals surface area (Å²) in [4.78, 5) is 18.8. The monoisotopic (exact) mass is 538 g/mol. The summed E-state index contributed by atoms with van der Waals surface area (Å²) < 4.78 is 41.2. The summed E-state index contributed by atoms with van der Waals surface area (Å²) in [6, 6.07) is 12.3. The molecule has 0 radical (unpaired) electrons. The largest absolute Gasteiger partial charge is 0.464 e. The van der Waals surface area contributed by atoms with E-state index in [1.54, 1.807) is 7.05 Å². The van der Waals surface area contributed by atoms with Gasteiger partial charge in [0.25, 0.3) is 10.0 Å². The number of benzene rings is 2. The van der Waals surface area contributed by atoms with Crippen LogP contribution in [0.2, 0.25) is 5.02 Å². The van der Waals surface area contributed by atoms with Gasteiger partial charge in [0.2, 0.25) is 0 Å². The van der Waals surface area contributed by atoms with Gasteiger partial charge in [0.05, 0.1) is 16.2 Å². The number of aromatic nitrogens is 1. The Balaban J connectivity index is 1.51. The molecule has 0 bridgehead atoms. The molecule has 1 amide bonds. The third kappa shape index (κ3) is 5.43. The lowest BCUT2D eigenvalue weighted by molar-refractivity contribution is 0.206. The smallest absolute Gasteiger partial charge is 0.427 e. The quantitative estimate of drug-likeness (QED) is 0.449. The van der Waals surface area contributed by atoms with Crippen LogP contribution in [0.5, 0.6) is 0 Å². The second-order valence-corrected chi connectivity index (χ2v) is 11.1. The number of amides is 1. The van der Waals surface area contributed by atoms with Crippen molar-refractivity contribution >= 4 is 50.6 Å². The first-order valence-corrected chi connectivity index (χ1v) is 13.6. The van der Waals surface area contributed by atoms with Crippen molar-refractivity contribution in [2.24, 2.45) is 0 Å². The van der Waals surface area contributed by atoms with Gasteiger partial charge in [-0.2, -0.15) is 0 Å². The first-order valence-electron chi connectivity index (χ1n) is 10.8. The van der Waals surface area contributed by atoms with Crippen LogP contribution in [0.15, 0.2) is 58.3 Å². The lowest BCUT2D eigenvalue weighted by Crippen LogP contribution is -2.37. The van der Waals surface area contributed by atoms with Crippen LogP contribution in [0.1, 0.15) is 12.0 Å². The van der Waals surface area contributed by atoms with E-state index < -0.39 is 26.8 Å². The fraction of sp³-hybridized carbons (Fsp3) is 0.304. The van der Waals surface area contributed by atoms with Crippen LogP contribution in [0.4, 0.5) is 20.7 Å². The van der Waals surface area contributed by atoms with Crippen molar-refractivity contribution in [3.8, 4) is 0 Å². The average Bonchev–Trinajstić information content (AvgIpc) is 3.51. The topological polar surface area (TPSA) is 94.0 Å². The summed E-state index contributed by atoms with van der Waals surface area (Å²) in [6.07, 6.45) is -0.0211. The van der Waals surface area contributed by atoms with Crippen LogP contribution >= 0.6 is 22.9 Å². The van der Waals surface area contributed by atoms with E-state index in [-0.39, 0.29) is 21.2 Å². The van der Waals surface area contributed by atoms with E-state index in [2.05, 4.69) is 22.0 Å². The molecule has 1 N–H and O–H groups in total. The molecule has 35 heavy (non-hydrogen) atoms. The molecule has 8 nitrogen and oxygen atoms in total. The highest BCUT2D eigenvalue weighted by atomic mass is 35.5. The third-order valence-corrected chi connectivity index (χ3v) is 8.62. The van der Waals surface area contributed by atoms with E-state index in [1.165, 1.54) is 16.5 Å². The van der Waals surface area contributed by atoms with Gasteiger partial charge in [0.1, 0.15) is 10.7 Å². The summed E-state index contributed by atoms with van der Waals surface area (Å²) in [5.41, 5.74) is 2.89. The molecule has 1 aliphatic heterocycles. The van der Waals surface area contributed by atoms with Crippen LogP contribution in [0.3, 0.4) is 0 Å². The first-order chi connectivity index (χ1) is 16.7. The molecule has 186 valence electrons. The Morgan fingerprint density at radius 3 is 2.71 bits per heavy atom. The summed E-state index contributed by atoms with van der Waals surface area (Å²) >= 11 is 7.42. The maximum atomic E-state index is 15.1. The van der Waals surface area contributed by atoms with E-state index in [4.69, 9.17) is 11.6 Å². The minimum atomic E-state index is -4.79. The van der Waals surface area contributed by atoms with E-state index in [1.807, 2.05) is 23.1 Å². The van der Waals surface area contributed by atoms with Gasteiger partial charge in [0, 0.05) is 44.2 Å². The average molecular weight is 539 g/mol. The van der Waals surface area contributed by atoms with Gasteiger partial charge >= 0.3 is 6.09 Å². The van der Waals surface area contributed by atoms with Gasteiger partial charge in [-0.25, -0.2) is 22.6 Å². The van der Waals surface area contributed by atoms with Crippen molar-refractivity contribution in [3.63, 3.8) is 0 Å². The highest BCUT2D eigenvalue weighted by Crippen LogP contribution is 2.35. The van der Waals surface area contributed by atoms with Gasteiger partial charge in [-0.15, -0.1) is 15.6 Å². The number of nitrogens with zero attached hydrogens (tertiary/aromatic N) is 4. The molecule has 1 aromatic heterocycles. The molecule has 0 saturated carbocycles. The molecular formula is C23H24ClFN4O4S2. The highest BCUT2D eigenvalue weighted by Gasteiger charge is 2.36. The van der Waals surface area contributed by atoms with Gasteiger partial charge in [0.15, 0.2) is 5.82 Å². The Morgan fingerprint density at radius 2 is 2.06 bits per heavy atom. The van der Waals surface area contributed by atoms with Gasteiger partial charge in [-0.1, -0.05) is 41.9 Å². The predicted octanol–water partition coefficient (Wildman–Crippen LogP) is 4.56. The van der Waals surface area contributed by atoms with Gasteiger partial charge in [-0.3, -0.25) is 0 Å². The molecular weight excluding hydrogens is 515 g/mol. The number of likely N-dealkylation sites (tertiary alicyclic amines) is 1. The van der Waals surface area contributed by atoms with E-state index >= 15 is 4.39 Å². The Morgan fingerprint density at radius 1 is 1.31 bits per heavy atom. The number of hydrogen-bond donors (Lipinski definition) is 1. The maximum Gasteiger partial charge on any atom is 0.427 e. The number of anilines is 2. The number of hydrogen-bond acceptors (Lipinski definition) is 7. The second kappa shape index (κ2) is 10.5. The van der Waals surface area contributed by atoms with Gasteiger partial charge in [-0.05, 0) is 24.5 Å². The number of carbonyl (C=O) groups is 1. The van der Waals surface area contributed by atoms with Crippen LogP contribution in [0.25, 0.3) is 0 Å². The zero-order chi connectivity index (χ0) is 25.2. The molecule has 0 unspecified atom stereocenters. The van der Waals surface area contributed by atoms with Crippen molar-refractivity contribution < 1.29 is 22.7 Å². The van der Waals surface area contributed by atoms with Crippen LogP contribution < -0.4 is 9.21 Å². The summed E-state index contributed by atoms with van der Waals surface area (Å²) in [5, 5.41) is 10.7. The highest BCUT2D eigenvalue weighted by molar-refractivity contribution is 7.93. The molecule has 0 aliphatic carbocycles. The fourth-order valence-corrected chi connectivity index (χ4v) is 6.44. The van der Waals surface area contributed by atoms with Crippen molar-refractivity contribution in [2.45, 2.75) is 23.8 Å². The fourth-order valence-electron chi connectivity index (χ4n) is 4.17. The number of halogens is 2. The molecule has 0 spiro atoms. The van der Waals surface area contributed by atoms with Crippen molar-refractivity contribution in [3.05, 3.63) is 69.8 Å². The summed E-state index contributed by atoms with van der Waals surface area (Å²) in [7, 11) is -3.00. The summed E-state index contributed by atoms with van der Waals surface area (Å²) in [6.45, 7) is 2.54. The molecule has 1 atom stereocenters. The Kier molecular flexibility index (Phi) is 7.60. The van der Waals surface area contributed by atoms with Crippen molar-refractivity contribution in [1.82, 2.24) is 9.88 Å². The molecule has 12 heteroatoms. The number of likely N-dealkylation sites (N-methyl/N-ethyl adjacent to an activating group) is 1. The molecule has 2 aromatic carbocycles. The standard InChI is InChI=1S/C23H24ClFN4O4S2/c1-27(17-8-10-28(13-17)9-7-16-5-3-2-4-6-16)20-12-19(25)21(11-18(20)24)35(32,33)29(23(30)31)22-14-34-15-26-22/h2-6,11-12,14-15,17H,7-10,13H2,1H3,(H,30,31)/t17-/m0/s1. The first kappa shape index (κ1) is 25.4. The predicted molar refractivity (Wildman–Crippen MR) is 135 cm³/mol. The van der Waals surface area contributed by atoms with Crippen LogP contribution in [0, 0.1) is 5.82 Å². The molecule has 1 saturated heterocycles. The number of sulfonamides is 1. The Bertz CT molecular complexity index is 1290. The number of rotatable bonds is 8. The molecule has 1 fully saturated rings. The van der Waals surface area contributed by atoms with Crippen molar-refractivity contribution in [1.29, 1.82) is 0 Å². The number of carboxylic acid groups (broad SMARTS) is 1. The number of thiazole rings is 1. The molecule has 2 heterocycles. The van der Waals surface area contributed by atoms with E-state index in [0.29, 0.717) is 5.69 Å². The molecule has 4 rings (SSSR count). The normalized spacial score (nSPS) is 16.4. The zero-order valence-electron chi connectivity index (χ0n) is 18.8. The maximum absolute atomic E-state index is 15.1. The summed E-state index contributed by atoms with van der Waals surface area (Å²) in [5.74, 6) is -1.42.